The molecule has 3 rings (SSSR count). The van der Waals surface area contributed by atoms with Gasteiger partial charge >= 0.3 is 0 Å². The number of hydrogen-bond acceptors (Lipinski definition) is 6. The molecular weight excluding hydrogens is 358 g/mol. The van der Waals surface area contributed by atoms with E-state index >= 15 is 0 Å². The molecule has 8 nitrogen and oxygen atoms in total. The third-order valence-electron chi connectivity index (χ3n) is 4.33. The second-order valence-corrected chi connectivity index (χ2v) is 6.45. The number of carbonyl (C=O) groups is 1. The Morgan fingerprint density at radius 2 is 1.79 bits per heavy atom. The number of benzene rings is 2. The lowest BCUT2D eigenvalue weighted by atomic mass is 10.1. The molecule has 0 radical (unpaired) electrons. The van der Waals surface area contributed by atoms with Crippen LogP contribution in [0.1, 0.15) is 11.1 Å². The van der Waals surface area contributed by atoms with Gasteiger partial charge in [0.15, 0.2) is 11.5 Å². The van der Waals surface area contributed by atoms with E-state index in [-0.39, 0.29) is 12.5 Å². The maximum Gasteiger partial charge on any atom is 0.246 e. The van der Waals surface area contributed by atoms with E-state index < -0.39 is 0 Å². The van der Waals surface area contributed by atoms with Crippen LogP contribution in [0.25, 0.3) is 11.4 Å². The van der Waals surface area contributed by atoms with Gasteiger partial charge in [-0.2, -0.15) is 4.80 Å². The van der Waals surface area contributed by atoms with E-state index in [2.05, 4.69) is 15.4 Å². The van der Waals surface area contributed by atoms with E-state index in [1.54, 1.807) is 26.2 Å². The van der Waals surface area contributed by atoms with Gasteiger partial charge < -0.3 is 14.4 Å². The van der Waals surface area contributed by atoms with Crippen molar-refractivity contribution in [3.8, 4) is 22.9 Å². The lowest BCUT2D eigenvalue weighted by Gasteiger charge is -2.17. The minimum absolute atomic E-state index is 0.0165. The molecule has 1 aromatic heterocycles. The number of methoxy groups -OCH3 is 2. The Kier molecular flexibility index (Phi) is 5.88. The largest absolute Gasteiger partial charge is 0.493 e. The van der Waals surface area contributed by atoms with Gasteiger partial charge in [0.05, 0.1) is 14.2 Å². The van der Waals surface area contributed by atoms with E-state index in [4.69, 9.17) is 9.47 Å². The molecule has 0 aliphatic rings. The van der Waals surface area contributed by atoms with Crippen molar-refractivity contribution in [3.63, 3.8) is 0 Å². The monoisotopic (exact) mass is 381 g/mol. The summed E-state index contributed by atoms with van der Waals surface area (Å²) < 4.78 is 10.5. The summed E-state index contributed by atoms with van der Waals surface area (Å²) >= 11 is 0. The molecule has 146 valence electrons. The predicted octanol–water partition coefficient (Wildman–Crippen LogP) is 2.32. The first kappa shape index (κ1) is 19.3. The second kappa shape index (κ2) is 8.51. The fourth-order valence-corrected chi connectivity index (χ4v) is 2.71. The van der Waals surface area contributed by atoms with E-state index in [9.17, 15) is 4.79 Å². The molecule has 0 spiro atoms. The van der Waals surface area contributed by atoms with Crippen LogP contribution in [0.4, 0.5) is 0 Å². The standard InChI is InChI=1S/C20H23N5O3/c1-14-5-8-16(9-6-14)20-21-23-25(22-20)13-19(26)24(2)12-15-7-10-17(27-3)18(11-15)28-4/h5-11H,12-13H2,1-4H3. The van der Waals surface area contributed by atoms with Crippen LogP contribution in [0.15, 0.2) is 42.5 Å². The average Bonchev–Trinajstić information content (AvgIpc) is 3.16. The number of tetrazole rings is 1. The Hall–Kier alpha value is -3.42. The Morgan fingerprint density at radius 3 is 2.46 bits per heavy atom. The smallest absolute Gasteiger partial charge is 0.246 e. The minimum Gasteiger partial charge on any atom is -0.493 e. The average molecular weight is 381 g/mol. The molecule has 0 aliphatic heterocycles. The number of carbonyl (C=O) groups excluding carboxylic acids is 1. The first-order chi connectivity index (χ1) is 13.5. The summed E-state index contributed by atoms with van der Waals surface area (Å²) in [6.45, 7) is 2.46. The lowest BCUT2D eigenvalue weighted by molar-refractivity contribution is -0.131. The number of ether oxygens (including phenoxy) is 2. The molecule has 0 atom stereocenters. The quantitative estimate of drug-likeness (QED) is 0.625. The van der Waals surface area contributed by atoms with Crippen LogP contribution in [0, 0.1) is 6.92 Å². The topological polar surface area (TPSA) is 82.4 Å². The third kappa shape index (κ3) is 4.46. The Bertz CT molecular complexity index is 953. The van der Waals surface area contributed by atoms with Gasteiger partial charge in [-0.15, -0.1) is 10.2 Å². The van der Waals surface area contributed by atoms with Gasteiger partial charge in [-0.25, -0.2) is 0 Å². The highest BCUT2D eigenvalue weighted by Gasteiger charge is 2.14. The number of amides is 1. The lowest BCUT2D eigenvalue weighted by Crippen LogP contribution is -2.30. The molecule has 3 aromatic rings. The Balaban J connectivity index is 1.64. The molecule has 8 heteroatoms. The molecule has 0 unspecified atom stereocenters. The SMILES string of the molecule is COc1ccc(CN(C)C(=O)Cn2nnc(-c3ccc(C)cc3)n2)cc1OC. The summed E-state index contributed by atoms with van der Waals surface area (Å²) in [7, 11) is 4.90. The zero-order chi connectivity index (χ0) is 20.1. The summed E-state index contributed by atoms with van der Waals surface area (Å²) in [6.07, 6.45) is 0. The highest BCUT2D eigenvalue weighted by molar-refractivity contribution is 5.75. The molecule has 1 heterocycles. The fraction of sp³-hybridized carbons (Fsp3) is 0.300. The van der Waals surface area contributed by atoms with Gasteiger partial charge in [0.1, 0.15) is 6.54 Å². The predicted molar refractivity (Wildman–Crippen MR) is 104 cm³/mol. The molecule has 28 heavy (non-hydrogen) atoms. The van der Waals surface area contributed by atoms with Crippen LogP contribution in [-0.4, -0.2) is 52.3 Å². The zero-order valence-corrected chi connectivity index (χ0v) is 16.4. The minimum atomic E-state index is -0.123. The maximum absolute atomic E-state index is 12.5. The summed E-state index contributed by atoms with van der Waals surface area (Å²) in [5.74, 6) is 1.65. The van der Waals surface area contributed by atoms with Crippen LogP contribution < -0.4 is 9.47 Å². The van der Waals surface area contributed by atoms with E-state index in [0.29, 0.717) is 23.9 Å². The molecule has 0 aliphatic carbocycles. The van der Waals surface area contributed by atoms with Crippen molar-refractivity contribution >= 4 is 5.91 Å². The number of likely N-dealkylation sites (N-methyl/N-ethyl adjacent to an activating group) is 1. The number of nitrogens with zero attached hydrogens (tertiary/aromatic N) is 5. The molecule has 1 amide bonds. The van der Waals surface area contributed by atoms with E-state index in [0.717, 1.165) is 16.7 Å². The number of hydrogen-bond donors (Lipinski definition) is 0. The van der Waals surface area contributed by atoms with Gasteiger partial charge in [0.25, 0.3) is 0 Å². The summed E-state index contributed by atoms with van der Waals surface area (Å²) in [4.78, 5) is 15.4. The van der Waals surface area contributed by atoms with Crippen LogP contribution >= 0.6 is 0 Å². The maximum atomic E-state index is 12.5. The van der Waals surface area contributed by atoms with Gasteiger partial charge in [-0.3, -0.25) is 4.79 Å². The van der Waals surface area contributed by atoms with Crippen LogP contribution in [0.2, 0.25) is 0 Å². The highest BCUT2D eigenvalue weighted by Crippen LogP contribution is 2.27. The van der Waals surface area contributed by atoms with Crippen LogP contribution in [-0.2, 0) is 17.9 Å². The molecule has 0 saturated carbocycles. The fourth-order valence-electron chi connectivity index (χ4n) is 2.71. The summed E-state index contributed by atoms with van der Waals surface area (Å²) in [5, 5.41) is 12.3. The third-order valence-corrected chi connectivity index (χ3v) is 4.33. The van der Waals surface area contributed by atoms with E-state index in [1.807, 2.05) is 49.4 Å². The molecule has 0 fully saturated rings. The van der Waals surface area contributed by atoms with Crippen molar-refractivity contribution in [1.29, 1.82) is 0 Å². The highest BCUT2D eigenvalue weighted by atomic mass is 16.5. The van der Waals surface area contributed by atoms with Crippen LogP contribution in [0.5, 0.6) is 11.5 Å². The Morgan fingerprint density at radius 1 is 1.07 bits per heavy atom. The van der Waals surface area contributed by atoms with Gasteiger partial charge in [-0.1, -0.05) is 35.9 Å². The first-order valence-electron chi connectivity index (χ1n) is 8.80. The first-order valence-corrected chi connectivity index (χ1v) is 8.80. The van der Waals surface area contributed by atoms with Crippen molar-refractivity contribution in [2.75, 3.05) is 21.3 Å². The zero-order valence-electron chi connectivity index (χ0n) is 16.4. The van der Waals surface area contributed by atoms with Crippen LogP contribution in [0.3, 0.4) is 0 Å². The molecule has 2 aromatic carbocycles. The molecule has 0 bridgehead atoms. The van der Waals surface area contributed by atoms with Crippen molar-refractivity contribution in [2.45, 2.75) is 20.0 Å². The van der Waals surface area contributed by atoms with Gasteiger partial charge in [0.2, 0.25) is 11.7 Å². The summed E-state index contributed by atoms with van der Waals surface area (Å²) in [6, 6.07) is 13.4. The van der Waals surface area contributed by atoms with Gasteiger partial charge in [0, 0.05) is 19.2 Å². The van der Waals surface area contributed by atoms with Crippen molar-refractivity contribution in [1.82, 2.24) is 25.1 Å². The van der Waals surface area contributed by atoms with Gasteiger partial charge in [-0.05, 0) is 29.8 Å². The van der Waals surface area contributed by atoms with Crippen molar-refractivity contribution < 1.29 is 14.3 Å². The van der Waals surface area contributed by atoms with Crippen molar-refractivity contribution in [2.24, 2.45) is 0 Å². The molecular formula is C20H23N5O3. The normalized spacial score (nSPS) is 10.6. The summed E-state index contributed by atoms with van der Waals surface area (Å²) in [5.41, 5.74) is 2.95. The molecule has 0 saturated heterocycles. The van der Waals surface area contributed by atoms with E-state index in [1.165, 1.54) is 4.80 Å². The Labute approximate surface area is 163 Å². The van der Waals surface area contributed by atoms with Crippen molar-refractivity contribution in [3.05, 3.63) is 53.6 Å². The number of aromatic nitrogens is 4. The number of aryl methyl sites for hydroxylation is 1. The number of rotatable bonds is 7. The second-order valence-electron chi connectivity index (χ2n) is 6.45. The molecule has 0 N–H and O–H groups in total.